The van der Waals surface area contributed by atoms with Crippen LogP contribution in [0.25, 0.3) is 0 Å². The number of nitrogens with zero attached hydrogens (tertiary/aromatic N) is 5. The summed E-state index contributed by atoms with van der Waals surface area (Å²) in [4.78, 5) is 8.55. The average molecular weight is 305 g/mol. The summed E-state index contributed by atoms with van der Waals surface area (Å²) in [5.41, 5.74) is 7.74. The Bertz CT molecular complexity index is 626. The molecule has 0 aliphatic carbocycles. The topological polar surface area (TPSA) is 104 Å². The lowest BCUT2D eigenvalue weighted by molar-refractivity contribution is 0.186. The van der Waals surface area contributed by atoms with Crippen LogP contribution >= 0.6 is 0 Å². The summed E-state index contributed by atoms with van der Waals surface area (Å²) in [6, 6.07) is -0.0583. The first-order valence-corrected chi connectivity index (χ1v) is 7.33. The molecule has 8 heteroatoms. The van der Waals surface area contributed by atoms with Crippen LogP contribution in [0.5, 0.6) is 0 Å². The number of nitrogen functional groups attached to an aromatic ring is 1. The van der Waals surface area contributed by atoms with Crippen LogP contribution < -0.4 is 11.1 Å². The number of nitrogens with one attached hydrogen (secondary N) is 1. The van der Waals surface area contributed by atoms with Crippen LogP contribution in [0.4, 0.5) is 11.8 Å². The van der Waals surface area contributed by atoms with E-state index >= 15 is 0 Å². The second-order valence-corrected chi connectivity index (χ2v) is 5.10. The van der Waals surface area contributed by atoms with Gasteiger partial charge in [-0.2, -0.15) is 4.98 Å². The van der Waals surface area contributed by atoms with Crippen molar-refractivity contribution in [1.29, 1.82) is 0 Å². The van der Waals surface area contributed by atoms with Crippen LogP contribution in [0.2, 0.25) is 0 Å². The Morgan fingerprint density at radius 2 is 2.18 bits per heavy atom. The first-order chi connectivity index (χ1) is 10.6. The number of anilines is 2. The van der Waals surface area contributed by atoms with E-state index in [1.165, 1.54) is 0 Å². The lowest BCUT2D eigenvalue weighted by atomic mass is 10.2. The van der Waals surface area contributed by atoms with Crippen LogP contribution in [-0.4, -0.2) is 38.4 Å². The fourth-order valence-corrected chi connectivity index (χ4v) is 2.30. The number of aromatic nitrogens is 5. The van der Waals surface area contributed by atoms with Gasteiger partial charge in [0.05, 0.1) is 18.3 Å². The van der Waals surface area contributed by atoms with Gasteiger partial charge >= 0.3 is 0 Å². The Kier molecular flexibility index (Phi) is 5.26. The third kappa shape index (κ3) is 3.51. The molecule has 2 aromatic rings. The molecule has 8 nitrogen and oxygen atoms in total. The second kappa shape index (κ2) is 7.17. The van der Waals surface area contributed by atoms with Gasteiger partial charge in [0, 0.05) is 19.2 Å². The lowest BCUT2D eigenvalue weighted by Gasteiger charge is -2.18. The van der Waals surface area contributed by atoms with Crippen LogP contribution in [0.3, 0.4) is 0 Å². The predicted molar refractivity (Wildman–Crippen MR) is 84.5 cm³/mol. The van der Waals surface area contributed by atoms with Gasteiger partial charge in [0.15, 0.2) is 5.82 Å². The summed E-state index contributed by atoms with van der Waals surface area (Å²) in [5.74, 6) is 1.84. The van der Waals surface area contributed by atoms with Gasteiger partial charge in [-0.05, 0) is 20.3 Å². The molecule has 22 heavy (non-hydrogen) atoms. The van der Waals surface area contributed by atoms with Crippen molar-refractivity contribution in [2.45, 2.75) is 39.8 Å². The Morgan fingerprint density at radius 1 is 1.41 bits per heavy atom. The molecule has 3 N–H and O–H groups in total. The van der Waals surface area contributed by atoms with Gasteiger partial charge in [-0.3, -0.25) is 0 Å². The zero-order chi connectivity index (χ0) is 16.1. The number of aryl methyl sites for hydroxylation is 1. The maximum atomic E-state index is 5.78. The number of methoxy groups -OCH3 is 1. The summed E-state index contributed by atoms with van der Waals surface area (Å²) in [6.45, 7) is 7.36. The van der Waals surface area contributed by atoms with Crippen LogP contribution in [0, 0.1) is 6.92 Å². The zero-order valence-corrected chi connectivity index (χ0v) is 13.5. The normalized spacial score (nSPS) is 12.4. The molecule has 2 aromatic heterocycles. The molecule has 2 rings (SSSR count). The van der Waals surface area contributed by atoms with E-state index in [0.29, 0.717) is 13.2 Å². The van der Waals surface area contributed by atoms with E-state index in [0.717, 1.165) is 29.3 Å². The van der Waals surface area contributed by atoms with Gasteiger partial charge in [0.25, 0.3) is 0 Å². The summed E-state index contributed by atoms with van der Waals surface area (Å²) < 4.78 is 7.06. The quantitative estimate of drug-likeness (QED) is 0.795. The molecule has 120 valence electrons. The minimum Gasteiger partial charge on any atom is -0.383 e. The summed E-state index contributed by atoms with van der Waals surface area (Å²) in [5, 5.41) is 11.5. The Balaban J connectivity index is 2.20. The molecule has 0 aromatic carbocycles. The van der Waals surface area contributed by atoms with E-state index in [9.17, 15) is 0 Å². The number of nitrogens with two attached hydrogens (primary N) is 1. The molecule has 0 fully saturated rings. The van der Waals surface area contributed by atoms with Gasteiger partial charge in [-0.25, -0.2) is 4.98 Å². The van der Waals surface area contributed by atoms with Gasteiger partial charge in [0.1, 0.15) is 12.1 Å². The van der Waals surface area contributed by atoms with Gasteiger partial charge in [-0.1, -0.05) is 6.92 Å². The third-order valence-corrected chi connectivity index (χ3v) is 3.52. The standard InChI is InChI=1S/C14H23N7O/c1-5-11-9(2)12(19-14(15)18-11)17-10(3)13-20-16-8-21(13)6-7-22-4/h8,10H,5-7H2,1-4H3,(H3,15,17,18,19)/t10-/m0/s1. The van der Waals surface area contributed by atoms with Crippen molar-refractivity contribution in [2.24, 2.45) is 0 Å². The molecule has 2 heterocycles. The van der Waals surface area contributed by atoms with E-state index in [-0.39, 0.29) is 12.0 Å². The maximum absolute atomic E-state index is 5.78. The fourth-order valence-electron chi connectivity index (χ4n) is 2.30. The van der Waals surface area contributed by atoms with Gasteiger partial charge in [-0.15, -0.1) is 10.2 Å². The van der Waals surface area contributed by atoms with Crippen molar-refractivity contribution in [1.82, 2.24) is 24.7 Å². The number of ether oxygens (including phenoxy) is 1. The van der Waals surface area contributed by atoms with Gasteiger partial charge < -0.3 is 20.4 Å². The molecule has 0 saturated heterocycles. The van der Waals surface area contributed by atoms with E-state index < -0.39 is 0 Å². The maximum Gasteiger partial charge on any atom is 0.222 e. The SMILES string of the molecule is CCc1nc(N)nc(N[C@@H](C)c2nncn2CCOC)c1C. The molecule has 0 radical (unpaired) electrons. The average Bonchev–Trinajstić information content (AvgIpc) is 2.96. The highest BCUT2D eigenvalue weighted by Gasteiger charge is 2.16. The molecule has 0 amide bonds. The van der Waals surface area contributed by atoms with Gasteiger partial charge in [0.2, 0.25) is 5.95 Å². The predicted octanol–water partition coefficient (Wildman–Crippen LogP) is 1.34. The minimum absolute atomic E-state index is 0.0583. The number of rotatable bonds is 7. The Labute approximate surface area is 130 Å². The van der Waals surface area contributed by atoms with E-state index in [1.807, 2.05) is 25.3 Å². The molecule has 1 atom stereocenters. The highest BCUT2D eigenvalue weighted by molar-refractivity contribution is 5.49. The summed E-state index contributed by atoms with van der Waals surface area (Å²) in [6.07, 6.45) is 2.51. The third-order valence-electron chi connectivity index (χ3n) is 3.52. The van der Waals surface area contributed by atoms with Crippen molar-refractivity contribution in [3.63, 3.8) is 0 Å². The summed E-state index contributed by atoms with van der Waals surface area (Å²) in [7, 11) is 1.67. The van der Waals surface area contributed by atoms with Crippen molar-refractivity contribution in [3.8, 4) is 0 Å². The summed E-state index contributed by atoms with van der Waals surface area (Å²) >= 11 is 0. The van der Waals surface area contributed by atoms with Crippen LogP contribution in [0.15, 0.2) is 6.33 Å². The number of hydrogen-bond donors (Lipinski definition) is 2. The first-order valence-electron chi connectivity index (χ1n) is 7.33. The highest BCUT2D eigenvalue weighted by atomic mass is 16.5. The monoisotopic (exact) mass is 305 g/mol. The molecular formula is C14H23N7O. The molecule has 0 bridgehead atoms. The molecular weight excluding hydrogens is 282 g/mol. The van der Waals surface area contributed by atoms with E-state index in [1.54, 1.807) is 13.4 Å². The molecule has 0 spiro atoms. The minimum atomic E-state index is -0.0583. The van der Waals surface area contributed by atoms with E-state index in [4.69, 9.17) is 10.5 Å². The Hall–Kier alpha value is -2.22. The van der Waals surface area contributed by atoms with E-state index in [2.05, 4.69) is 25.5 Å². The fraction of sp³-hybridized carbons (Fsp3) is 0.571. The molecule has 0 saturated carbocycles. The van der Waals surface area contributed by atoms with Crippen LogP contribution in [-0.2, 0) is 17.7 Å². The largest absolute Gasteiger partial charge is 0.383 e. The molecule has 0 aliphatic heterocycles. The molecule has 0 aliphatic rings. The molecule has 0 unspecified atom stereocenters. The Morgan fingerprint density at radius 3 is 2.86 bits per heavy atom. The highest BCUT2D eigenvalue weighted by Crippen LogP contribution is 2.22. The van der Waals surface area contributed by atoms with Crippen LogP contribution in [0.1, 0.15) is 37.0 Å². The lowest BCUT2D eigenvalue weighted by Crippen LogP contribution is -2.17. The van der Waals surface area contributed by atoms with Crippen molar-refractivity contribution in [3.05, 3.63) is 23.4 Å². The van der Waals surface area contributed by atoms with Crippen molar-refractivity contribution in [2.75, 3.05) is 24.8 Å². The smallest absolute Gasteiger partial charge is 0.222 e. The number of hydrogen-bond acceptors (Lipinski definition) is 7. The van der Waals surface area contributed by atoms with Crippen molar-refractivity contribution >= 4 is 11.8 Å². The zero-order valence-electron chi connectivity index (χ0n) is 13.5. The van der Waals surface area contributed by atoms with Crippen molar-refractivity contribution < 1.29 is 4.74 Å². The first kappa shape index (κ1) is 16.2. The second-order valence-electron chi connectivity index (χ2n) is 5.10.